The van der Waals surface area contributed by atoms with Gasteiger partial charge in [0.1, 0.15) is 4.90 Å². The molecule has 0 bridgehead atoms. The second-order valence-electron chi connectivity index (χ2n) is 8.34. The maximum atomic E-state index is 13.4. The predicted molar refractivity (Wildman–Crippen MR) is 115 cm³/mol. The maximum Gasteiger partial charge on any atom is 0.263 e. The van der Waals surface area contributed by atoms with Crippen molar-refractivity contribution in [2.24, 2.45) is 5.92 Å². The Morgan fingerprint density at radius 2 is 1.96 bits per heavy atom. The van der Waals surface area contributed by atoms with Crippen molar-refractivity contribution in [3.05, 3.63) is 52.3 Å². The highest BCUT2D eigenvalue weighted by Crippen LogP contribution is 2.48. The van der Waals surface area contributed by atoms with Gasteiger partial charge in [0.05, 0.1) is 5.69 Å². The van der Waals surface area contributed by atoms with E-state index in [-0.39, 0.29) is 6.04 Å². The van der Waals surface area contributed by atoms with E-state index in [1.165, 1.54) is 16.7 Å². The fraction of sp³-hybridized carbons (Fsp3) is 0.455. The lowest BCUT2D eigenvalue weighted by Crippen LogP contribution is -2.25. The number of benzene rings is 1. The number of fused-ring (bicyclic) bond motifs is 2. The standard InChI is InChI=1S/C22H29N3O2S/c1-13(2)24-21-12-20-16(6-5-9-23-20)10-22(21)28(26,27)25-19-8-7-14(3)15(4)17-11-18(17)19/h7-8,10,12-13,17,23-25H,5-6,9,11H2,1-4H3. The fourth-order valence-electron chi connectivity index (χ4n) is 4.04. The quantitative estimate of drug-likeness (QED) is 0.689. The average Bonchev–Trinajstić information content (AvgIpc) is 3.44. The molecule has 1 heterocycles. The van der Waals surface area contributed by atoms with Gasteiger partial charge in [-0.2, -0.15) is 0 Å². The molecule has 0 amide bonds. The smallest absolute Gasteiger partial charge is 0.263 e. The summed E-state index contributed by atoms with van der Waals surface area (Å²) in [5.41, 5.74) is 7.21. The normalized spacial score (nSPS) is 21.1. The molecular weight excluding hydrogens is 370 g/mol. The molecule has 0 radical (unpaired) electrons. The van der Waals surface area contributed by atoms with Crippen molar-refractivity contribution >= 4 is 21.4 Å². The summed E-state index contributed by atoms with van der Waals surface area (Å²) in [5, 5.41) is 6.70. The summed E-state index contributed by atoms with van der Waals surface area (Å²) in [6, 6.07) is 3.91. The van der Waals surface area contributed by atoms with Crippen LogP contribution in [0.3, 0.4) is 0 Å². The van der Waals surface area contributed by atoms with Crippen LogP contribution in [0.1, 0.15) is 46.1 Å². The van der Waals surface area contributed by atoms with E-state index in [4.69, 9.17) is 0 Å². The van der Waals surface area contributed by atoms with E-state index in [9.17, 15) is 8.42 Å². The Labute approximate surface area is 168 Å². The molecule has 1 aromatic rings. The van der Waals surface area contributed by atoms with Crippen LogP contribution in [0.25, 0.3) is 0 Å². The number of anilines is 2. The highest BCUT2D eigenvalue weighted by molar-refractivity contribution is 7.89. The van der Waals surface area contributed by atoms with Crippen LogP contribution in [0, 0.1) is 5.92 Å². The Hall–Kier alpha value is -2.21. The second kappa shape index (κ2) is 6.99. The molecule has 5 nitrogen and oxygen atoms in total. The van der Waals surface area contributed by atoms with E-state index in [0.29, 0.717) is 16.5 Å². The van der Waals surface area contributed by atoms with Gasteiger partial charge in [0.25, 0.3) is 10.0 Å². The van der Waals surface area contributed by atoms with Gasteiger partial charge >= 0.3 is 0 Å². The fourth-order valence-corrected chi connectivity index (χ4v) is 5.34. The van der Waals surface area contributed by atoms with Crippen LogP contribution in [0.5, 0.6) is 0 Å². The van der Waals surface area contributed by atoms with E-state index < -0.39 is 10.0 Å². The highest BCUT2D eigenvalue weighted by atomic mass is 32.2. The van der Waals surface area contributed by atoms with Crippen molar-refractivity contribution in [3.63, 3.8) is 0 Å². The molecule has 3 aliphatic rings. The van der Waals surface area contributed by atoms with E-state index in [0.717, 1.165) is 42.8 Å². The molecule has 150 valence electrons. The summed E-state index contributed by atoms with van der Waals surface area (Å²) in [7, 11) is -3.69. The van der Waals surface area contributed by atoms with Gasteiger partial charge in [0, 0.05) is 29.9 Å². The lowest BCUT2D eigenvalue weighted by atomic mass is 10.0. The number of aryl methyl sites for hydroxylation is 1. The molecule has 28 heavy (non-hydrogen) atoms. The molecule has 1 saturated carbocycles. The van der Waals surface area contributed by atoms with Crippen LogP contribution >= 0.6 is 0 Å². The summed E-state index contributed by atoms with van der Waals surface area (Å²) >= 11 is 0. The molecule has 1 atom stereocenters. The SMILES string of the molecule is CC1=C(C)C2CC2=C(NS(=O)(=O)c2cc3c(cc2NC(C)C)NCCC3)C=C1. The van der Waals surface area contributed by atoms with Gasteiger partial charge in [-0.15, -0.1) is 0 Å². The first-order valence-corrected chi connectivity index (χ1v) is 11.5. The van der Waals surface area contributed by atoms with Crippen LogP contribution in [0.4, 0.5) is 11.4 Å². The first-order chi connectivity index (χ1) is 13.3. The van der Waals surface area contributed by atoms with Crippen LogP contribution < -0.4 is 15.4 Å². The summed E-state index contributed by atoms with van der Waals surface area (Å²) in [4.78, 5) is 0.327. The van der Waals surface area contributed by atoms with Crippen molar-refractivity contribution in [2.75, 3.05) is 17.2 Å². The van der Waals surface area contributed by atoms with E-state index >= 15 is 0 Å². The molecule has 6 heteroatoms. The molecule has 3 N–H and O–H groups in total. The Morgan fingerprint density at radius 3 is 2.71 bits per heavy atom. The van der Waals surface area contributed by atoms with Crippen LogP contribution in [-0.4, -0.2) is 21.0 Å². The zero-order chi connectivity index (χ0) is 20.1. The first-order valence-electron chi connectivity index (χ1n) is 10.0. The number of allylic oxidation sites excluding steroid dienone is 5. The number of hydrogen-bond acceptors (Lipinski definition) is 4. The number of sulfonamides is 1. The summed E-state index contributed by atoms with van der Waals surface area (Å²) in [6.07, 6.45) is 6.77. The van der Waals surface area contributed by atoms with E-state index in [2.05, 4.69) is 29.2 Å². The van der Waals surface area contributed by atoms with Crippen molar-refractivity contribution < 1.29 is 8.42 Å². The van der Waals surface area contributed by atoms with Gasteiger partial charge in [-0.05, 0) is 76.3 Å². The number of rotatable bonds is 5. The molecule has 1 unspecified atom stereocenters. The summed E-state index contributed by atoms with van der Waals surface area (Å²) in [5.74, 6) is 0.383. The van der Waals surface area contributed by atoms with Crippen molar-refractivity contribution in [1.29, 1.82) is 0 Å². The lowest BCUT2D eigenvalue weighted by molar-refractivity contribution is 0.589. The third kappa shape index (κ3) is 3.58. The summed E-state index contributed by atoms with van der Waals surface area (Å²) < 4.78 is 29.6. The third-order valence-electron chi connectivity index (χ3n) is 5.80. The van der Waals surface area contributed by atoms with Crippen LogP contribution in [-0.2, 0) is 16.4 Å². The monoisotopic (exact) mass is 399 g/mol. The summed E-state index contributed by atoms with van der Waals surface area (Å²) in [6.45, 7) is 9.17. The molecule has 1 fully saturated rings. The average molecular weight is 400 g/mol. The maximum absolute atomic E-state index is 13.4. The first kappa shape index (κ1) is 19.1. The Morgan fingerprint density at radius 1 is 1.18 bits per heavy atom. The minimum Gasteiger partial charge on any atom is -0.385 e. The van der Waals surface area contributed by atoms with Crippen LogP contribution in [0.15, 0.2) is 51.6 Å². The Balaban J connectivity index is 1.72. The molecule has 0 saturated heterocycles. The zero-order valence-corrected chi connectivity index (χ0v) is 17.8. The minimum atomic E-state index is -3.69. The van der Waals surface area contributed by atoms with Gasteiger partial charge in [-0.3, -0.25) is 4.72 Å². The number of nitrogens with one attached hydrogen (secondary N) is 3. The van der Waals surface area contributed by atoms with Gasteiger partial charge in [0.2, 0.25) is 0 Å². The Bertz CT molecular complexity index is 1020. The second-order valence-corrected chi connectivity index (χ2v) is 9.99. The zero-order valence-electron chi connectivity index (χ0n) is 17.0. The molecule has 1 aromatic carbocycles. The molecular formula is C22H29N3O2S. The minimum absolute atomic E-state index is 0.137. The van der Waals surface area contributed by atoms with Gasteiger partial charge in [0.15, 0.2) is 0 Å². The molecule has 1 aliphatic heterocycles. The third-order valence-corrected chi connectivity index (χ3v) is 7.20. The number of hydrogen-bond donors (Lipinski definition) is 3. The topological polar surface area (TPSA) is 70.2 Å². The van der Waals surface area contributed by atoms with Crippen LogP contribution in [0.2, 0.25) is 0 Å². The van der Waals surface area contributed by atoms with Crippen molar-refractivity contribution in [2.45, 2.75) is 57.9 Å². The van der Waals surface area contributed by atoms with E-state index in [1.807, 2.05) is 38.1 Å². The lowest BCUT2D eigenvalue weighted by Gasteiger charge is -2.23. The van der Waals surface area contributed by atoms with E-state index in [1.54, 1.807) is 0 Å². The Kier molecular flexibility index (Phi) is 4.78. The van der Waals surface area contributed by atoms with Crippen molar-refractivity contribution in [1.82, 2.24) is 4.72 Å². The van der Waals surface area contributed by atoms with Gasteiger partial charge < -0.3 is 10.6 Å². The van der Waals surface area contributed by atoms with Gasteiger partial charge in [-0.1, -0.05) is 17.2 Å². The van der Waals surface area contributed by atoms with Gasteiger partial charge in [-0.25, -0.2) is 8.42 Å². The largest absolute Gasteiger partial charge is 0.385 e. The molecule has 0 spiro atoms. The molecule has 4 rings (SSSR count). The molecule has 2 aliphatic carbocycles. The van der Waals surface area contributed by atoms with Crippen molar-refractivity contribution in [3.8, 4) is 0 Å². The highest BCUT2D eigenvalue weighted by Gasteiger charge is 2.37. The predicted octanol–water partition coefficient (Wildman–Crippen LogP) is 4.32. The molecule has 0 aromatic heterocycles.